The molecule has 1 saturated heterocycles. The molecule has 2 atom stereocenters. The molecule has 0 bridgehead atoms. The van der Waals surface area contributed by atoms with Crippen molar-refractivity contribution in [3.8, 4) is 0 Å². The van der Waals surface area contributed by atoms with Crippen LogP contribution in [0.25, 0.3) is 0 Å². The van der Waals surface area contributed by atoms with Gasteiger partial charge in [-0.3, -0.25) is 0 Å². The summed E-state index contributed by atoms with van der Waals surface area (Å²) in [7, 11) is 0. The predicted octanol–water partition coefficient (Wildman–Crippen LogP) is 2.41. The summed E-state index contributed by atoms with van der Waals surface area (Å²) in [5.41, 5.74) is 0. The molecule has 0 radical (unpaired) electrons. The van der Waals surface area contributed by atoms with Gasteiger partial charge in [0.1, 0.15) is 0 Å². The number of hydrogen-bond acceptors (Lipinski definition) is 2. The van der Waals surface area contributed by atoms with Crippen molar-refractivity contribution >= 4 is 15.9 Å². The minimum Gasteiger partial charge on any atom is -0.314 e. The zero-order valence-electron chi connectivity index (χ0n) is 8.98. The van der Waals surface area contributed by atoms with Crippen molar-refractivity contribution in [2.75, 3.05) is 13.1 Å². The molecule has 82 valence electrons. The Morgan fingerprint density at radius 3 is 3.00 bits per heavy atom. The molecule has 1 rings (SSSR count). The molecule has 0 amide bonds. The minimum atomic E-state index is 0.569. The molecule has 3 heteroatoms. The molecule has 0 saturated carbocycles. The Kier molecular flexibility index (Phi) is 5.75. The van der Waals surface area contributed by atoms with Crippen LogP contribution in [0.15, 0.2) is 11.1 Å². The van der Waals surface area contributed by atoms with Crippen LogP contribution >= 0.6 is 15.9 Å². The van der Waals surface area contributed by atoms with Crippen molar-refractivity contribution in [2.45, 2.75) is 44.7 Å². The van der Waals surface area contributed by atoms with Gasteiger partial charge in [0.2, 0.25) is 0 Å². The van der Waals surface area contributed by atoms with E-state index in [1.165, 1.54) is 32.2 Å². The first-order valence-corrected chi connectivity index (χ1v) is 6.28. The fraction of sp³-hybridized carbons (Fsp3) is 0.818. The van der Waals surface area contributed by atoms with Crippen LogP contribution in [0.4, 0.5) is 0 Å². The topological polar surface area (TPSA) is 24.1 Å². The van der Waals surface area contributed by atoms with Crippen LogP contribution in [-0.2, 0) is 0 Å². The summed E-state index contributed by atoms with van der Waals surface area (Å²) in [5.74, 6) is 0. The molecule has 1 aliphatic rings. The quantitative estimate of drug-likeness (QED) is 0.794. The maximum Gasteiger partial charge on any atom is 0.0268 e. The third-order valence-electron chi connectivity index (χ3n) is 2.69. The molecule has 0 spiro atoms. The zero-order valence-corrected chi connectivity index (χ0v) is 10.6. The van der Waals surface area contributed by atoms with Crippen LogP contribution in [-0.4, -0.2) is 25.2 Å². The van der Waals surface area contributed by atoms with Gasteiger partial charge in [0.25, 0.3) is 0 Å². The van der Waals surface area contributed by atoms with Gasteiger partial charge in [-0.1, -0.05) is 28.9 Å². The summed E-state index contributed by atoms with van der Waals surface area (Å²) in [6, 6.07) is 1.29. The van der Waals surface area contributed by atoms with Crippen LogP contribution in [0.3, 0.4) is 0 Å². The number of rotatable bonds is 5. The molecular weight excluding hydrogens is 240 g/mol. The molecule has 0 aromatic rings. The molecule has 14 heavy (non-hydrogen) atoms. The second kappa shape index (κ2) is 6.59. The van der Waals surface area contributed by atoms with Gasteiger partial charge in [0, 0.05) is 23.1 Å². The highest BCUT2D eigenvalue weighted by Gasteiger charge is 2.15. The first-order chi connectivity index (χ1) is 6.68. The average molecular weight is 261 g/mol. The van der Waals surface area contributed by atoms with E-state index in [4.69, 9.17) is 0 Å². The maximum absolute atomic E-state index is 3.81. The van der Waals surface area contributed by atoms with Gasteiger partial charge >= 0.3 is 0 Å². The molecule has 2 N–H and O–H groups in total. The largest absolute Gasteiger partial charge is 0.314 e. The Morgan fingerprint density at radius 1 is 1.64 bits per heavy atom. The lowest BCUT2D eigenvalue weighted by Crippen LogP contribution is -2.40. The molecule has 0 aliphatic carbocycles. The third kappa shape index (κ3) is 5.13. The Morgan fingerprint density at radius 2 is 2.43 bits per heavy atom. The molecule has 1 heterocycles. The van der Waals surface area contributed by atoms with Crippen LogP contribution in [0.5, 0.6) is 0 Å². The van der Waals surface area contributed by atoms with E-state index in [0.29, 0.717) is 6.04 Å². The van der Waals surface area contributed by atoms with E-state index in [-0.39, 0.29) is 0 Å². The molecule has 2 unspecified atom stereocenters. The smallest absolute Gasteiger partial charge is 0.0268 e. The summed E-state index contributed by atoms with van der Waals surface area (Å²) >= 11 is 3.36. The highest BCUT2D eigenvalue weighted by Crippen LogP contribution is 2.12. The number of halogens is 1. The SMILES string of the molecule is C=C(Br)CNC(C)CC1CCCCN1. The number of piperidine rings is 1. The average Bonchev–Trinajstić information content (AvgIpc) is 2.16. The third-order valence-corrected chi connectivity index (χ3v) is 2.97. The first kappa shape index (κ1) is 12.2. The van der Waals surface area contributed by atoms with Gasteiger partial charge in [0.15, 0.2) is 0 Å². The Hall–Kier alpha value is 0.140. The van der Waals surface area contributed by atoms with Gasteiger partial charge in [-0.05, 0) is 32.7 Å². The highest BCUT2D eigenvalue weighted by molar-refractivity contribution is 9.11. The van der Waals surface area contributed by atoms with Crippen LogP contribution in [0.1, 0.15) is 32.6 Å². The molecule has 0 aromatic carbocycles. The van der Waals surface area contributed by atoms with E-state index in [0.717, 1.165) is 17.1 Å². The zero-order chi connectivity index (χ0) is 10.4. The second-order valence-corrected chi connectivity index (χ2v) is 5.30. The monoisotopic (exact) mass is 260 g/mol. The Labute approximate surface area is 95.7 Å². The molecule has 0 aromatic heterocycles. The standard InChI is InChI=1S/C11H21BrN2/c1-9(12)8-14-10(2)7-11-5-3-4-6-13-11/h10-11,13-14H,1,3-8H2,2H3. The van der Waals surface area contributed by atoms with E-state index in [1.807, 2.05) is 0 Å². The highest BCUT2D eigenvalue weighted by atomic mass is 79.9. The van der Waals surface area contributed by atoms with Crippen molar-refractivity contribution in [3.05, 3.63) is 11.1 Å². The van der Waals surface area contributed by atoms with E-state index in [1.54, 1.807) is 0 Å². The van der Waals surface area contributed by atoms with Crippen molar-refractivity contribution < 1.29 is 0 Å². The van der Waals surface area contributed by atoms with Crippen LogP contribution in [0, 0.1) is 0 Å². The van der Waals surface area contributed by atoms with E-state index >= 15 is 0 Å². The maximum atomic E-state index is 3.81. The Bertz CT molecular complexity index is 176. The van der Waals surface area contributed by atoms with Crippen molar-refractivity contribution in [2.24, 2.45) is 0 Å². The lowest BCUT2D eigenvalue weighted by molar-refractivity contribution is 0.349. The van der Waals surface area contributed by atoms with Gasteiger partial charge < -0.3 is 10.6 Å². The minimum absolute atomic E-state index is 0.569. The summed E-state index contributed by atoms with van der Waals surface area (Å²) in [5, 5.41) is 7.01. The van der Waals surface area contributed by atoms with E-state index < -0.39 is 0 Å². The lowest BCUT2D eigenvalue weighted by atomic mass is 9.99. The molecule has 1 aliphatic heterocycles. The number of hydrogen-bond donors (Lipinski definition) is 2. The summed E-state index contributed by atoms with van der Waals surface area (Å²) < 4.78 is 1.03. The van der Waals surface area contributed by atoms with Gasteiger partial charge in [-0.25, -0.2) is 0 Å². The van der Waals surface area contributed by atoms with Crippen molar-refractivity contribution in [1.29, 1.82) is 0 Å². The van der Waals surface area contributed by atoms with Crippen LogP contribution in [0.2, 0.25) is 0 Å². The lowest BCUT2D eigenvalue weighted by Gasteiger charge is -2.26. The van der Waals surface area contributed by atoms with E-state index in [2.05, 4.69) is 40.1 Å². The summed E-state index contributed by atoms with van der Waals surface area (Å²) in [6.07, 6.45) is 5.29. The van der Waals surface area contributed by atoms with Gasteiger partial charge in [-0.2, -0.15) is 0 Å². The molecule has 1 fully saturated rings. The normalized spacial score (nSPS) is 24.6. The first-order valence-electron chi connectivity index (χ1n) is 5.48. The van der Waals surface area contributed by atoms with Crippen molar-refractivity contribution in [3.63, 3.8) is 0 Å². The molecular formula is C11H21BrN2. The molecule has 2 nitrogen and oxygen atoms in total. The van der Waals surface area contributed by atoms with Crippen molar-refractivity contribution in [1.82, 2.24) is 10.6 Å². The fourth-order valence-electron chi connectivity index (χ4n) is 1.92. The summed E-state index contributed by atoms with van der Waals surface area (Å²) in [6.45, 7) is 8.12. The fourth-order valence-corrected chi connectivity index (χ4v) is 2.08. The second-order valence-electron chi connectivity index (χ2n) is 4.18. The Balaban J connectivity index is 2.11. The summed E-state index contributed by atoms with van der Waals surface area (Å²) in [4.78, 5) is 0. The van der Waals surface area contributed by atoms with Crippen LogP contribution < -0.4 is 10.6 Å². The van der Waals surface area contributed by atoms with Gasteiger partial charge in [-0.15, -0.1) is 0 Å². The van der Waals surface area contributed by atoms with E-state index in [9.17, 15) is 0 Å². The van der Waals surface area contributed by atoms with Gasteiger partial charge in [0.05, 0.1) is 0 Å². The predicted molar refractivity (Wildman–Crippen MR) is 65.8 cm³/mol. The number of nitrogens with one attached hydrogen (secondary N) is 2.